The Bertz CT molecular complexity index is 517. The van der Waals surface area contributed by atoms with Crippen LogP contribution in [-0.4, -0.2) is 25.7 Å². The first-order valence-electron chi connectivity index (χ1n) is 8.77. The van der Waals surface area contributed by atoms with Crippen molar-refractivity contribution in [3.05, 3.63) is 23.8 Å². The lowest BCUT2D eigenvalue weighted by Gasteiger charge is -2.21. The van der Waals surface area contributed by atoms with E-state index >= 15 is 0 Å². The predicted molar refractivity (Wildman–Crippen MR) is 97.4 cm³/mol. The number of ether oxygens (including phenoxy) is 2. The average molecular weight is 336 g/mol. The molecule has 1 aromatic rings. The van der Waals surface area contributed by atoms with Crippen LogP contribution in [0.15, 0.2) is 18.2 Å². The maximum Gasteiger partial charge on any atom is 0.224 e. The SMILES string of the molecule is CCCCCOc1ccc(C(C)NC(=O)C(C)C(C)N)cc1OC. The summed E-state index contributed by atoms with van der Waals surface area (Å²) >= 11 is 0. The molecule has 0 fully saturated rings. The predicted octanol–water partition coefficient (Wildman–Crippen LogP) is 3.42. The third-order valence-corrected chi connectivity index (χ3v) is 4.25. The molecule has 0 saturated heterocycles. The molecule has 1 amide bonds. The van der Waals surface area contributed by atoms with Gasteiger partial charge in [0.1, 0.15) is 0 Å². The van der Waals surface area contributed by atoms with Gasteiger partial charge in [-0.05, 0) is 38.0 Å². The van der Waals surface area contributed by atoms with Gasteiger partial charge in [0.05, 0.1) is 19.8 Å². The van der Waals surface area contributed by atoms with E-state index in [1.54, 1.807) is 7.11 Å². The van der Waals surface area contributed by atoms with Crippen LogP contribution in [0.5, 0.6) is 11.5 Å². The van der Waals surface area contributed by atoms with E-state index in [1.807, 2.05) is 39.0 Å². The molecule has 0 heterocycles. The standard InChI is InChI=1S/C19H32N2O3/c1-6-7-8-11-24-17-10-9-16(12-18(17)23-5)15(4)21-19(22)13(2)14(3)20/h9-10,12-15H,6-8,11,20H2,1-5H3,(H,21,22). The van der Waals surface area contributed by atoms with Crippen LogP contribution >= 0.6 is 0 Å². The summed E-state index contributed by atoms with van der Waals surface area (Å²) in [6.07, 6.45) is 3.35. The molecule has 0 aliphatic heterocycles. The summed E-state index contributed by atoms with van der Waals surface area (Å²) in [6.45, 7) is 8.46. The molecule has 0 saturated carbocycles. The number of rotatable bonds is 10. The van der Waals surface area contributed by atoms with Crippen LogP contribution in [0.4, 0.5) is 0 Å². The lowest BCUT2D eigenvalue weighted by molar-refractivity contribution is -0.125. The van der Waals surface area contributed by atoms with Gasteiger partial charge >= 0.3 is 0 Å². The third-order valence-electron chi connectivity index (χ3n) is 4.25. The van der Waals surface area contributed by atoms with Crippen molar-refractivity contribution in [1.29, 1.82) is 0 Å². The molecule has 1 aromatic carbocycles. The highest BCUT2D eigenvalue weighted by Gasteiger charge is 2.20. The number of carbonyl (C=O) groups excluding carboxylic acids is 1. The summed E-state index contributed by atoms with van der Waals surface area (Å²) in [6, 6.07) is 5.47. The fourth-order valence-electron chi connectivity index (χ4n) is 2.27. The van der Waals surface area contributed by atoms with E-state index in [4.69, 9.17) is 15.2 Å². The monoisotopic (exact) mass is 336 g/mol. The molecule has 136 valence electrons. The number of methoxy groups -OCH3 is 1. The Labute approximate surface area is 145 Å². The minimum absolute atomic E-state index is 0.0450. The van der Waals surface area contributed by atoms with Crippen molar-refractivity contribution in [2.24, 2.45) is 11.7 Å². The maximum absolute atomic E-state index is 12.1. The van der Waals surface area contributed by atoms with E-state index in [1.165, 1.54) is 0 Å². The van der Waals surface area contributed by atoms with E-state index in [0.717, 1.165) is 30.6 Å². The van der Waals surface area contributed by atoms with Gasteiger partial charge in [0.2, 0.25) is 5.91 Å². The summed E-state index contributed by atoms with van der Waals surface area (Å²) in [5.74, 6) is 1.15. The van der Waals surface area contributed by atoms with Gasteiger partial charge in [-0.1, -0.05) is 32.8 Å². The largest absolute Gasteiger partial charge is 0.493 e. The van der Waals surface area contributed by atoms with Crippen LogP contribution in [0.1, 0.15) is 58.6 Å². The Morgan fingerprint density at radius 2 is 1.92 bits per heavy atom. The average Bonchev–Trinajstić information content (AvgIpc) is 2.57. The van der Waals surface area contributed by atoms with Gasteiger partial charge in [0.25, 0.3) is 0 Å². The molecule has 5 nitrogen and oxygen atoms in total. The maximum atomic E-state index is 12.1. The Morgan fingerprint density at radius 1 is 1.21 bits per heavy atom. The number of nitrogens with two attached hydrogens (primary N) is 1. The smallest absolute Gasteiger partial charge is 0.224 e. The zero-order chi connectivity index (χ0) is 18.1. The zero-order valence-corrected chi connectivity index (χ0v) is 15.6. The topological polar surface area (TPSA) is 73.6 Å². The van der Waals surface area contributed by atoms with Crippen LogP contribution in [0, 0.1) is 5.92 Å². The molecule has 0 bridgehead atoms. The summed E-state index contributed by atoms with van der Waals surface area (Å²) < 4.78 is 11.2. The van der Waals surface area contributed by atoms with E-state index in [-0.39, 0.29) is 23.9 Å². The number of benzene rings is 1. The lowest BCUT2D eigenvalue weighted by atomic mass is 10.0. The van der Waals surface area contributed by atoms with Gasteiger partial charge in [-0.2, -0.15) is 0 Å². The molecular formula is C19H32N2O3. The van der Waals surface area contributed by atoms with E-state index in [9.17, 15) is 4.79 Å². The number of unbranched alkanes of at least 4 members (excludes halogenated alkanes) is 2. The van der Waals surface area contributed by atoms with E-state index in [2.05, 4.69) is 12.2 Å². The molecule has 5 heteroatoms. The Balaban J connectivity index is 2.73. The molecule has 1 rings (SSSR count). The van der Waals surface area contributed by atoms with Crippen molar-refractivity contribution in [3.63, 3.8) is 0 Å². The van der Waals surface area contributed by atoms with Gasteiger partial charge in [0, 0.05) is 12.0 Å². The normalized spacial score (nSPS) is 14.6. The number of amides is 1. The quantitative estimate of drug-likeness (QED) is 0.642. The molecule has 3 N–H and O–H groups in total. The van der Waals surface area contributed by atoms with E-state index in [0.29, 0.717) is 12.4 Å². The summed E-state index contributed by atoms with van der Waals surface area (Å²) in [5.41, 5.74) is 6.76. The Kier molecular flexibility index (Phi) is 8.61. The second kappa shape index (κ2) is 10.2. The fourth-order valence-corrected chi connectivity index (χ4v) is 2.27. The Morgan fingerprint density at radius 3 is 2.50 bits per heavy atom. The number of nitrogens with one attached hydrogen (secondary N) is 1. The number of carbonyl (C=O) groups is 1. The highest BCUT2D eigenvalue weighted by Crippen LogP contribution is 2.30. The van der Waals surface area contributed by atoms with Crippen molar-refractivity contribution in [2.45, 2.75) is 59.0 Å². The Hall–Kier alpha value is -1.75. The molecule has 0 aliphatic carbocycles. The van der Waals surface area contributed by atoms with Crippen molar-refractivity contribution < 1.29 is 14.3 Å². The minimum Gasteiger partial charge on any atom is -0.493 e. The minimum atomic E-state index is -0.226. The lowest BCUT2D eigenvalue weighted by Crippen LogP contribution is -2.39. The first-order chi connectivity index (χ1) is 11.4. The van der Waals surface area contributed by atoms with Crippen LogP contribution in [0.3, 0.4) is 0 Å². The van der Waals surface area contributed by atoms with E-state index < -0.39 is 0 Å². The van der Waals surface area contributed by atoms with Crippen molar-refractivity contribution in [1.82, 2.24) is 5.32 Å². The van der Waals surface area contributed by atoms with Crippen LogP contribution < -0.4 is 20.5 Å². The van der Waals surface area contributed by atoms with Gasteiger partial charge in [0.15, 0.2) is 11.5 Å². The number of hydrogen-bond acceptors (Lipinski definition) is 4. The van der Waals surface area contributed by atoms with Crippen LogP contribution in [0.2, 0.25) is 0 Å². The van der Waals surface area contributed by atoms with Gasteiger partial charge in [-0.25, -0.2) is 0 Å². The molecule has 3 unspecified atom stereocenters. The second-order valence-corrected chi connectivity index (χ2v) is 6.34. The highest BCUT2D eigenvalue weighted by atomic mass is 16.5. The molecule has 0 radical (unpaired) electrons. The van der Waals surface area contributed by atoms with Crippen LogP contribution in [-0.2, 0) is 4.79 Å². The first-order valence-corrected chi connectivity index (χ1v) is 8.77. The molecule has 0 aliphatic rings. The molecule has 0 spiro atoms. The van der Waals surface area contributed by atoms with Gasteiger partial charge in [-0.15, -0.1) is 0 Å². The fraction of sp³-hybridized carbons (Fsp3) is 0.632. The third kappa shape index (κ3) is 6.04. The van der Waals surface area contributed by atoms with Crippen molar-refractivity contribution in [2.75, 3.05) is 13.7 Å². The molecular weight excluding hydrogens is 304 g/mol. The molecule has 24 heavy (non-hydrogen) atoms. The zero-order valence-electron chi connectivity index (χ0n) is 15.6. The highest BCUT2D eigenvalue weighted by molar-refractivity contribution is 5.79. The molecule has 0 aromatic heterocycles. The van der Waals surface area contributed by atoms with Crippen molar-refractivity contribution in [3.8, 4) is 11.5 Å². The summed E-state index contributed by atoms with van der Waals surface area (Å²) in [5, 5.41) is 2.99. The summed E-state index contributed by atoms with van der Waals surface area (Å²) in [4.78, 5) is 12.1. The van der Waals surface area contributed by atoms with Gasteiger partial charge < -0.3 is 20.5 Å². The van der Waals surface area contributed by atoms with Crippen LogP contribution in [0.25, 0.3) is 0 Å². The van der Waals surface area contributed by atoms with Gasteiger partial charge in [-0.3, -0.25) is 4.79 Å². The molecule has 3 atom stereocenters. The summed E-state index contributed by atoms with van der Waals surface area (Å²) in [7, 11) is 1.62. The second-order valence-electron chi connectivity index (χ2n) is 6.34. The number of hydrogen-bond donors (Lipinski definition) is 2. The first kappa shape index (κ1) is 20.3. The van der Waals surface area contributed by atoms with Crippen molar-refractivity contribution >= 4 is 5.91 Å².